The van der Waals surface area contributed by atoms with E-state index >= 15 is 0 Å². The number of aliphatic hydroxyl groups excluding tert-OH is 4. The van der Waals surface area contributed by atoms with E-state index in [1.807, 2.05) is 27.7 Å². The highest BCUT2D eigenvalue weighted by molar-refractivity contribution is 7.45. The van der Waals surface area contributed by atoms with Gasteiger partial charge in [-0.1, -0.05) is 41.9 Å². The Labute approximate surface area is 301 Å². The average molecular weight is 767 g/mol. The van der Waals surface area contributed by atoms with E-state index in [9.17, 15) is 49.4 Å². The minimum atomic E-state index is -5.65. The molecule has 2 aliphatic rings. The van der Waals surface area contributed by atoms with Gasteiger partial charge < -0.3 is 74.9 Å². The average Bonchev–Trinajstić information content (AvgIpc) is 3.04. The van der Waals surface area contributed by atoms with Gasteiger partial charge in [0.2, 0.25) is 5.91 Å². The Morgan fingerprint density at radius 1 is 0.904 bits per heavy atom. The van der Waals surface area contributed by atoms with E-state index in [2.05, 4.69) is 12.2 Å². The molecule has 0 radical (unpaired) electrons. The second-order valence-corrected chi connectivity index (χ2v) is 14.2. The molecule has 2 aliphatic heterocycles. The van der Waals surface area contributed by atoms with Crippen molar-refractivity contribution >= 4 is 25.8 Å². The third-order valence-corrected chi connectivity index (χ3v) is 9.19. The first-order valence-electron chi connectivity index (χ1n) is 16.6. The first-order valence-corrected chi connectivity index (χ1v) is 18.0. The number of carbonyl (C=O) groups is 3. The zero-order valence-electron chi connectivity index (χ0n) is 29.7. The van der Waals surface area contributed by atoms with Gasteiger partial charge in [0.1, 0.15) is 24.4 Å². The van der Waals surface area contributed by atoms with Crippen molar-refractivity contribution in [2.75, 3.05) is 19.8 Å². The van der Waals surface area contributed by atoms with Gasteiger partial charge in [-0.3, -0.25) is 13.9 Å². The third kappa shape index (κ3) is 14.2. The molecule has 0 aromatic rings. The Morgan fingerprint density at radius 2 is 1.52 bits per heavy atom. The maximum atomic E-state index is 13.0. The summed E-state index contributed by atoms with van der Waals surface area (Å²) >= 11 is 0. The van der Waals surface area contributed by atoms with Gasteiger partial charge in [0, 0.05) is 5.92 Å². The summed E-state index contributed by atoms with van der Waals surface area (Å²) in [5.74, 6) is -4.28. The van der Waals surface area contributed by atoms with E-state index in [0.29, 0.717) is 6.42 Å². The van der Waals surface area contributed by atoms with Crippen molar-refractivity contribution in [3.05, 3.63) is 34.9 Å². The summed E-state index contributed by atoms with van der Waals surface area (Å²) in [4.78, 5) is 48.5. The van der Waals surface area contributed by atoms with Crippen molar-refractivity contribution in [1.82, 2.24) is 0 Å². The number of carboxylic acids is 1. The van der Waals surface area contributed by atoms with Gasteiger partial charge in [-0.2, -0.15) is 0 Å². The fourth-order valence-electron chi connectivity index (χ4n) is 5.23. The van der Waals surface area contributed by atoms with Crippen LogP contribution in [0.2, 0.25) is 0 Å². The van der Waals surface area contributed by atoms with Crippen LogP contribution in [-0.4, -0.2) is 120 Å². The number of aliphatic hydroxyl groups is 4. The molecule has 0 aromatic heterocycles. The van der Waals surface area contributed by atoms with Crippen molar-refractivity contribution in [3.8, 4) is 0 Å². The van der Waals surface area contributed by atoms with Gasteiger partial charge in [0.15, 0.2) is 30.9 Å². The van der Waals surface area contributed by atoms with Gasteiger partial charge in [-0.15, -0.1) is 0 Å². The highest BCUT2D eigenvalue weighted by Crippen LogP contribution is 2.44. The molecule has 20 heteroatoms. The molecular weight excluding hydrogens is 715 g/mol. The summed E-state index contributed by atoms with van der Waals surface area (Å²) in [5, 5.41) is 52.7. The number of primary amides is 2. The second-order valence-electron chi connectivity index (χ2n) is 12.8. The summed E-state index contributed by atoms with van der Waals surface area (Å²) in [5.41, 5.74) is 13.8. The summed E-state index contributed by atoms with van der Waals surface area (Å²) in [6.07, 6.45) is -11.0. The molecule has 2 rings (SSSR count). The molecule has 0 spiro atoms. The summed E-state index contributed by atoms with van der Waals surface area (Å²) in [7, 11) is -5.65. The number of rotatable bonds is 20. The molecule has 5 unspecified atom stereocenters. The first-order chi connectivity index (χ1) is 24.3. The number of phosphoric ester groups is 1. The number of ether oxygens (including phenoxy) is 5. The molecule has 2 saturated heterocycles. The number of carboxylic acid groups (broad SMARTS) is 1. The van der Waals surface area contributed by atoms with Crippen LogP contribution in [0.25, 0.3) is 0 Å². The van der Waals surface area contributed by atoms with Crippen molar-refractivity contribution in [3.63, 3.8) is 0 Å². The lowest BCUT2D eigenvalue weighted by atomic mass is 9.92. The van der Waals surface area contributed by atoms with Gasteiger partial charge in [-0.05, 0) is 53.4 Å². The standard InChI is InChI=1S/C32H53N2O17P/c1-16(2)8-6-9-17(3)10-7-11-18(4)12-13-45-21(29(40)41)15-46-52(43,44)51-31-27(25(50-32(34)42)24(38)26(48-31)28(33)39)49-30-19(5)22(36)23(37)20(14-35)47-30/h8,10,12,19-27,30-31,35-38H,6-7,9,11,13-15H2,1-5H3,(H2,33,39)(H2,34,42)(H,40,41)(H,43,44)/p-2/b17-10+,18-12-/t19?,20?,21-,22+,23+,24+,25-,26?,27?,30-,31+/m0/s1. The quantitative estimate of drug-likeness (QED) is 0.0609. The Morgan fingerprint density at radius 3 is 2.08 bits per heavy atom. The smallest absolute Gasteiger partial charge is 0.404 e. The van der Waals surface area contributed by atoms with Gasteiger partial charge in [0.25, 0.3) is 7.82 Å². The first kappa shape index (κ1) is 45.4. The predicted octanol–water partition coefficient (Wildman–Crippen LogP) is -1.46. The molecule has 2 amide bonds. The van der Waals surface area contributed by atoms with E-state index in [4.69, 9.17) is 44.2 Å². The minimum Gasteiger partial charge on any atom is -0.756 e. The zero-order chi connectivity index (χ0) is 39.3. The number of carbonyl (C=O) groups excluding carboxylic acids is 3. The molecule has 19 nitrogen and oxygen atoms in total. The SMILES string of the molecule is CC(C)=CCC/C(C)=C/CC/C(C)=C\CO[C@@H](COP(=O)([O-])O[C@H]1OC(C(N)=O)[C@H](O)[C@H](OC(N)=O)C1O[C@@H]1OC(CO)[C@@H](O)[C@H](O)C1C)C(=O)[O-]. The molecule has 0 bridgehead atoms. The highest BCUT2D eigenvalue weighted by atomic mass is 31.2. The lowest BCUT2D eigenvalue weighted by Gasteiger charge is -2.47. The number of aliphatic carboxylic acids is 1. The monoisotopic (exact) mass is 766 g/mol. The largest absolute Gasteiger partial charge is 0.756 e. The van der Waals surface area contributed by atoms with Crippen LogP contribution < -0.4 is 21.5 Å². The molecule has 0 aromatic carbocycles. The molecular formula is C32H51N2O17P-2. The molecule has 12 atom stereocenters. The van der Waals surface area contributed by atoms with Crippen LogP contribution in [-0.2, 0) is 46.9 Å². The zero-order valence-corrected chi connectivity index (χ0v) is 30.6. The molecule has 298 valence electrons. The number of hydrogen-bond acceptors (Lipinski definition) is 17. The van der Waals surface area contributed by atoms with E-state index in [1.54, 1.807) is 6.08 Å². The lowest BCUT2D eigenvalue weighted by Crippen LogP contribution is -2.65. The van der Waals surface area contributed by atoms with E-state index < -0.39 is 106 Å². The van der Waals surface area contributed by atoms with Crippen LogP contribution in [0.3, 0.4) is 0 Å². The van der Waals surface area contributed by atoms with Gasteiger partial charge in [0.05, 0.1) is 31.9 Å². The predicted molar refractivity (Wildman–Crippen MR) is 175 cm³/mol. The van der Waals surface area contributed by atoms with Crippen LogP contribution >= 0.6 is 7.82 Å². The number of phosphoric acid groups is 1. The normalized spacial score (nSPS) is 31.7. The van der Waals surface area contributed by atoms with Crippen LogP contribution in [0.5, 0.6) is 0 Å². The fraction of sp³-hybridized carbons (Fsp3) is 0.719. The van der Waals surface area contributed by atoms with Crippen LogP contribution in [0.15, 0.2) is 34.9 Å². The maximum Gasteiger partial charge on any atom is 0.404 e. The Hall–Kier alpha value is -2.78. The van der Waals surface area contributed by atoms with Gasteiger partial charge >= 0.3 is 6.09 Å². The molecule has 2 fully saturated rings. The number of nitrogens with two attached hydrogens (primary N) is 2. The van der Waals surface area contributed by atoms with Crippen LogP contribution in [0.1, 0.15) is 60.3 Å². The van der Waals surface area contributed by atoms with E-state index in [1.165, 1.54) is 18.1 Å². The molecule has 0 saturated carbocycles. The van der Waals surface area contributed by atoms with Crippen molar-refractivity contribution in [2.45, 2.75) is 122 Å². The van der Waals surface area contributed by atoms with E-state index in [-0.39, 0.29) is 6.61 Å². The number of amides is 2. The number of hydrogen-bond donors (Lipinski definition) is 6. The third-order valence-electron chi connectivity index (χ3n) is 8.26. The van der Waals surface area contributed by atoms with Crippen molar-refractivity contribution in [1.29, 1.82) is 0 Å². The van der Waals surface area contributed by atoms with Crippen LogP contribution in [0.4, 0.5) is 4.79 Å². The van der Waals surface area contributed by atoms with Crippen LogP contribution in [0, 0.1) is 5.92 Å². The molecule has 52 heavy (non-hydrogen) atoms. The van der Waals surface area contributed by atoms with Gasteiger partial charge in [-0.25, -0.2) is 4.79 Å². The molecule has 2 heterocycles. The Balaban J connectivity index is 2.16. The highest BCUT2D eigenvalue weighted by Gasteiger charge is 2.54. The molecule has 0 aliphatic carbocycles. The fourth-order valence-corrected chi connectivity index (χ4v) is 6.04. The lowest BCUT2D eigenvalue weighted by molar-refractivity contribution is -0.352. The molecule has 8 N–H and O–H groups in total. The summed E-state index contributed by atoms with van der Waals surface area (Å²) < 4.78 is 49.3. The van der Waals surface area contributed by atoms with Crippen molar-refractivity contribution in [2.24, 2.45) is 17.4 Å². The summed E-state index contributed by atoms with van der Waals surface area (Å²) in [6, 6.07) is 0. The Kier molecular flexibility index (Phi) is 18.5. The minimum absolute atomic E-state index is 0.234. The maximum absolute atomic E-state index is 13.0. The van der Waals surface area contributed by atoms with Crippen molar-refractivity contribution < 1.29 is 82.1 Å². The number of allylic oxidation sites excluding steroid dienone is 5. The summed E-state index contributed by atoms with van der Waals surface area (Å²) in [6.45, 7) is 7.10. The topological polar surface area (TPSA) is 312 Å². The Bertz CT molecular complexity index is 1340. The second kappa shape index (κ2) is 21.2. The van der Waals surface area contributed by atoms with E-state index in [0.717, 1.165) is 24.8 Å².